The van der Waals surface area contributed by atoms with Gasteiger partial charge in [-0.25, -0.2) is 9.97 Å². The molecule has 0 radical (unpaired) electrons. The van der Waals surface area contributed by atoms with Crippen molar-refractivity contribution in [1.82, 2.24) is 15.0 Å². The topological polar surface area (TPSA) is 67.9 Å². The van der Waals surface area contributed by atoms with Gasteiger partial charge in [-0.1, -0.05) is 12.5 Å². The summed E-state index contributed by atoms with van der Waals surface area (Å²) >= 11 is 0. The van der Waals surface area contributed by atoms with Gasteiger partial charge in [0, 0.05) is 29.3 Å². The number of ether oxygens (including phenoxy) is 1. The molecule has 0 spiro atoms. The predicted octanol–water partition coefficient (Wildman–Crippen LogP) is 4.64. The van der Waals surface area contributed by atoms with Crippen LogP contribution in [-0.2, 0) is 0 Å². The molecule has 1 aromatic carbocycles. The Kier molecular flexibility index (Phi) is 3.23. The number of Topliss-reactive ketones (excluding diaryl/α,β-unsaturated/α-hetero) is 1. The van der Waals surface area contributed by atoms with Gasteiger partial charge in [-0.05, 0) is 44.4 Å². The first-order valence-corrected chi connectivity index (χ1v) is 9.21. The molecule has 5 rings (SSSR count). The van der Waals surface area contributed by atoms with E-state index in [-0.39, 0.29) is 5.78 Å². The molecule has 0 atom stereocenters. The largest absolute Gasteiger partial charge is 0.487 e. The molecule has 26 heavy (non-hydrogen) atoms. The van der Waals surface area contributed by atoms with E-state index in [9.17, 15) is 4.79 Å². The van der Waals surface area contributed by atoms with E-state index in [1.807, 2.05) is 44.4 Å². The molecule has 1 fully saturated rings. The molecule has 0 amide bonds. The van der Waals surface area contributed by atoms with Crippen LogP contribution in [0.3, 0.4) is 0 Å². The smallest absolute Gasteiger partial charge is 0.170 e. The molecule has 2 aliphatic rings. The van der Waals surface area contributed by atoms with Crippen molar-refractivity contribution in [2.75, 3.05) is 0 Å². The van der Waals surface area contributed by atoms with Crippen LogP contribution in [0.25, 0.3) is 22.2 Å². The highest BCUT2D eigenvalue weighted by molar-refractivity contribution is 6.01. The zero-order valence-corrected chi connectivity index (χ0v) is 15.0. The number of aromatic nitrogens is 3. The first-order chi connectivity index (χ1) is 12.5. The van der Waals surface area contributed by atoms with Gasteiger partial charge in [0.05, 0.1) is 12.0 Å². The van der Waals surface area contributed by atoms with Crippen molar-refractivity contribution >= 4 is 16.8 Å². The molecule has 132 valence electrons. The molecule has 1 N–H and O–H groups in total. The Morgan fingerprint density at radius 3 is 2.85 bits per heavy atom. The number of aromatic amines is 1. The second-order valence-electron chi connectivity index (χ2n) is 7.99. The highest BCUT2D eigenvalue weighted by Gasteiger charge is 2.32. The Morgan fingerprint density at radius 2 is 2.08 bits per heavy atom. The maximum Gasteiger partial charge on any atom is 0.170 e. The van der Waals surface area contributed by atoms with Gasteiger partial charge < -0.3 is 9.72 Å². The van der Waals surface area contributed by atoms with Gasteiger partial charge >= 0.3 is 0 Å². The van der Waals surface area contributed by atoms with Crippen molar-refractivity contribution in [3.05, 3.63) is 42.0 Å². The number of rotatable bonds is 2. The third-order valence-electron chi connectivity index (χ3n) is 5.49. The number of ketones is 1. The fourth-order valence-corrected chi connectivity index (χ4v) is 3.84. The molecular weight excluding hydrogens is 326 g/mol. The van der Waals surface area contributed by atoms with Crippen LogP contribution >= 0.6 is 0 Å². The van der Waals surface area contributed by atoms with Crippen molar-refractivity contribution < 1.29 is 9.53 Å². The molecule has 5 heteroatoms. The monoisotopic (exact) mass is 347 g/mol. The summed E-state index contributed by atoms with van der Waals surface area (Å²) < 4.78 is 6.05. The van der Waals surface area contributed by atoms with Gasteiger partial charge in [0.15, 0.2) is 5.78 Å². The molecular formula is C21H21N3O2. The molecule has 2 aromatic heterocycles. The number of H-pyrrole nitrogens is 1. The van der Waals surface area contributed by atoms with Crippen LogP contribution in [0, 0.1) is 0 Å². The number of carbonyl (C=O) groups excluding carboxylic acids is 1. The summed E-state index contributed by atoms with van der Waals surface area (Å²) in [7, 11) is 0. The van der Waals surface area contributed by atoms with Gasteiger partial charge in [0.2, 0.25) is 0 Å². The molecule has 1 aliphatic carbocycles. The van der Waals surface area contributed by atoms with Crippen molar-refractivity contribution in [3.8, 4) is 16.9 Å². The highest BCUT2D eigenvalue weighted by atomic mass is 16.5. The number of nitrogens with zero attached hydrogens (tertiary/aromatic N) is 2. The van der Waals surface area contributed by atoms with Crippen molar-refractivity contribution in [2.45, 2.75) is 51.0 Å². The first-order valence-electron chi connectivity index (χ1n) is 9.21. The van der Waals surface area contributed by atoms with Crippen LogP contribution in [0.15, 0.2) is 30.6 Å². The van der Waals surface area contributed by atoms with Crippen LogP contribution < -0.4 is 4.74 Å². The minimum absolute atomic E-state index is 0.134. The summed E-state index contributed by atoms with van der Waals surface area (Å²) in [5.74, 6) is 2.25. The first kappa shape index (κ1) is 15.6. The maximum atomic E-state index is 12.3. The summed E-state index contributed by atoms with van der Waals surface area (Å²) in [5, 5.41) is 0.995. The Labute approximate surface area is 151 Å². The maximum absolute atomic E-state index is 12.3. The average Bonchev–Trinajstić information content (AvgIpc) is 2.94. The number of nitrogens with one attached hydrogen (secondary N) is 1. The third-order valence-corrected chi connectivity index (χ3v) is 5.49. The zero-order chi connectivity index (χ0) is 17.9. The minimum Gasteiger partial charge on any atom is -0.487 e. The summed E-state index contributed by atoms with van der Waals surface area (Å²) in [6.07, 6.45) is 7.92. The lowest BCUT2D eigenvalue weighted by molar-refractivity contribution is 0.0620. The number of hydrogen-bond donors (Lipinski definition) is 1. The second-order valence-corrected chi connectivity index (χ2v) is 7.99. The summed E-state index contributed by atoms with van der Waals surface area (Å²) in [6.45, 7) is 3.89. The van der Waals surface area contributed by atoms with Gasteiger partial charge in [0.25, 0.3) is 0 Å². The van der Waals surface area contributed by atoms with Crippen molar-refractivity contribution in [2.24, 2.45) is 0 Å². The van der Waals surface area contributed by atoms with E-state index < -0.39 is 5.60 Å². The Morgan fingerprint density at radius 1 is 1.23 bits per heavy atom. The summed E-state index contributed by atoms with van der Waals surface area (Å²) in [5.41, 5.74) is 3.09. The molecule has 0 saturated heterocycles. The number of carbonyl (C=O) groups is 1. The number of fused-ring (bicyclic) bond motifs is 2. The van der Waals surface area contributed by atoms with E-state index in [1.54, 1.807) is 0 Å². The van der Waals surface area contributed by atoms with E-state index in [2.05, 4.69) is 9.97 Å². The Hall–Kier alpha value is -2.69. The predicted molar refractivity (Wildman–Crippen MR) is 99.6 cm³/mol. The van der Waals surface area contributed by atoms with Gasteiger partial charge in [0.1, 0.15) is 22.8 Å². The fourth-order valence-electron chi connectivity index (χ4n) is 3.84. The molecule has 3 heterocycles. The third kappa shape index (κ3) is 2.42. The van der Waals surface area contributed by atoms with Crippen molar-refractivity contribution in [1.29, 1.82) is 0 Å². The lowest BCUT2D eigenvalue weighted by Crippen LogP contribution is -2.35. The van der Waals surface area contributed by atoms with Gasteiger partial charge in [-0.15, -0.1) is 0 Å². The molecule has 5 nitrogen and oxygen atoms in total. The van der Waals surface area contributed by atoms with Crippen molar-refractivity contribution in [3.63, 3.8) is 0 Å². The van der Waals surface area contributed by atoms with E-state index in [1.165, 1.54) is 19.3 Å². The second kappa shape index (κ2) is 5.40. The highest BCUT2D eigenvalue weighted by Crippen LogP contribution is 2.38. The Balaban J connectivity index is 1.57. The Bertz CT molecular complexity index is 1030. The molecule has 0 unspecified atom stereocenters. The molecule has 0 bridgehead atoms. The minimum atomic E-state index is -0.469. The SMILES string of the molecule is CC1(C)CC(=O)c2ccc(-c3c[nH]c4nc(C5CCC5)ncc34)cc2O1. The lowest BCUT2D eigenvalue weighted by Gasteiger charge is -2.31. The average molecular weight is 347 g/mol. The quantitative estimate of drug-likeness (QED) is 0.733. The van der Waals surface area contributed by atoms with E-state index in [0.717, 1.165) is 28.0 Å². The van der Waals surface area contributed by atoms with Crippen LogP contribution in [0.2, 0.25) is 0 Å². The van der Waals surface area contributed by atoms with Crippen LogP contribution in [0.1, 0.15) is 61.6 Å². The fraction of sp³-hybridized carbons (Fsp3) is 0.381. The summed E-state index contributed by atoms with van der Waals surface area (Å²) in [4.78, 5) is 24.9. The molecule has 3 aromatic rings. The molecule has 1 saturated carbocycles. The van der Waals surface area contributed by atoms with E-state index >= 15 is 0 Å². The molecule has 1 aliphatic heterocycles. The zero-order valence-electron chi connectivity index (χ0n) is 15.0. The van der Waals surface area contributed by atoms with Gasteiger partial charge in [-0.3, -0.25) is 4.79 Å². The number of hydrogen-bond acceptors (Lipinski definition) is 4. The van der Waals surface area contributed by atoms with Crippen LogP contribution in [0.5, 0.6) is 5.75 Å². The van der Waals surface area contributed by atoms with Gasteiger partial charge in [-0.2, -0.15) is 0 Å². The normalized spacial score (nSPS) is 19.1. The van der Waals surface area contributed by atoms with E-state index in [0.29, 0.717) is 23.7 Å². The number of benzene rings is 1. The summed E-state index contributed by atoms with van der Waals surface area (Å²) in [6, 6.07) is 5.79. The lowest BCUT2D eigenvalue weighted by atomic mass is 9.85. The standard InChI is InChI=1S/C21H21N3O2/c1-21(2)9-17(25)14-7-6-13(8-18(14)26-21)15-10-23-20-16(15)11-22-19(24-20)12-4-3-5-12/h6-8,10-12H,3-5,9H2,1-2H3,(H,22,23,24). The van der Waals surface area contributed by atoms with Crippen LogP contribution in [-0.4, -0.2) is 26.3 Å². The van der Waals surface area contributed by atoms with Crippen LogP contribution in [0.4, 0.5) is 0 Å². The van der Waals surface area contributed by atoms with E-state index in [4.69, 9.17) is 9.72 Å².